The van der Waals surface area contributed by atoms with Crippen LogP contribution in [0.5, 0.6) is 0 Å². The second-order valence-electron chi connectivity index (χ2n) is 6.42. The highest BCUT2D eigenvalue weighted by Crippen LogP contribution is 2.17. The molecule has 0 aliphatic carbocycles. The largest absolute Gasteiger partial charge is 0.379 e. The van der Waals surface area contributed by atoms with Gasteiger partial charge in [-0.05, 0) is 26.7 Å². The lowest BCUT2D eigenvalue weighted by atomic mass is 10.2. The number of sulfonamides is 1. The minimum absolute atomic E-state index is 0.121. The van der Waals surface area contributed by atoms with Crippen molar-refractivity contribution in [3.05, 3.63) is 0 Å². The number of nitrogens with zero attached hydrogens (tertiary/aromatic N) is 3. The highest BCUT2D eigenvalue weighted by molar-refractivity contribution is 7.89. The topological polar surface area (TPSA) is 86.3 Å². The third kappa shape index (κ3) is 6.73. The van der Waals surface area contributed by atoms with Crippen LogP contribution in [0.1, 0.15) is 26.7 Å². The van der Waals surface area contributed by atoms with Gasteiger partial charge in [0.05, 0.1) is 19.0 Å². The quantitative estimate of drug-likeness (QED) is 0.344. The number of nitrogens with one attached hydrogen (secondary N) is 2. The van der Waals surface area contributed by atoms with Crippen LogP contribution in [0.15, 0.2) is 4.99 Å². The van der Waals surface area contributed by atoms with Crippen molar-refractivity contribution in [3.63, 3.8) is 0 Å². The van der Waals surface area contributed by atoms with E-state index in [0.717, 1.165) is 58.3 Å². The summed E-state index contributed by atoms with van der Waals surface area (Å²) in [7, 11) is -3.11. The Morgan fingerprint density at radius 2 is 2.00 bits per heavy atom. The summed E-state index contributed by atoms with van der Waals surface area (Å²) in [6, 6.07) is 0.573. The fraction of sp³-hybridized carbons (Fsp3) is 0.938. The summed E-state index contributed by atoms with van der Waals surface area (Å²) < 4.78 is 30.9. The van der Waals surface area contributed by atoms with Crippen LogP contribution in [0.2, 0.25) is 0 Å². The molecule has 2 aliphatic heterocycles. The minimum atomic E-state index is -3.11. The summed E-state index contributed by atoms with van der Waals surface area (Å²) in [6.45, 7) is 11.3. The maximum atomic E-state index is 11.4. The third-order valence-electron chi connectivity index (χ3n) is 4.66. The van der Waals surface area contributed by atoms with Gasteiger partial charge < -0.3 is 15.0 Å². The molecule has 9 heteroatoms. The molecule has 2 saturated heterocycles. The number of ether oxygens (including phenoxy) is 1. The van der Waals surface area contributed by atoms with Crippen molar-refractivity contribution in [1.82, 2.24) is 19.8 Å². The minimum Gasteiger partial charge on any atom is -0.379 e. The predicted octanol–water partition coefficient (Wildman–Crippen LogP) is -0.312. The van der Waals surface area contributed by atoms with Crippen molar-refractivity contribution in [3.8, 4) is 0 Å². The van der Waals surface area contributed by atoms with Crippen molar-refractivity contribution < 1.29 is 13.2 Å². The monoisotopic (exact) mass is 375 g/mol. The Labute approximate surface area is 152 Å². The van der Waals surface area contributed by atoms with E-state index in [1.54, 1.807) is 6.92 Å². The fourth-order valence-electron chi connectivity index (χ4n) is 3.19. The van der Waals surface area contributed by atoms with Crippen LogP contribution in [0.3, 0.4) is 0 Å². The van der Waals surface area contributed by atoms with Crippen LogP contribution in [0.25, 0.3) is 0 Å². The number of guanidine groups is 1. The number of hydrogen-bond acceptors (Lipinski definition) is 5. The first-order valence-corrected chi connectivity index (χ1v) is 11.0. The van der Waals surface area contributed by atoms with E-state index in [2.05, 4.69) is 31.8 Å². The van der Waals surface area contributed by atoms with Crippen molar-refractivity contribution >= 4 is 16.0 Å². The smallest absolute Gasteiger partial charge is 0.211 e. The molecule has 25 heavy (non-hydrogen) atoms. The van der Waals surface area contributed by atoms with Gasteiger partial charge in [-0.15, -0.1) is 0 Å². The molecule has 2 rings (SSSR count). The van der Waals surface area contributed by atoms with Gasteiger partial charge in [0.15, 0.2) is 5.96 Å². The van der Waals surface area contributed by atoms with Crippen molar-refractivity contribution in [2.45, 2.75) is 32.7 Å². The van der Waals surface area contributed by atoms with E-state index in [1.807, 2.05) is 0 Å². The summed E-state index contributed by atoms with van der Waals surface area (Å²) in [5, 5.41) is 3.36. The zero-order chi connectivity index (χ0) is 18.1. The first-order chi connectivity index (χ1) is 12.1. The average Bonchev–Trinajstić information content (AvgIpc) is 3.11. The van der Waals surface area contributed by atoms with Gasteiger partial charge >= 0.3 is 0 Å². The molecule has 2 fully saturated rings. The van der Waals surface area contributed by atoms with E-state index in [9.17, 15) is 8.42 Å². The summed E-state index contributed by atoms with van der Waals surface area (Å²) in [5.74, 6) is 1.06. The predicted molar refractivity (Wildman–Crippen MR) is 100 cm³/mol. The summed E-state index contributed by atoms with van der Waals surface area (Å²) >= 11 is 0. The van der Waals surface area contributed by atoms with E-state index in [4.69, 9.17) is 4.74 Å². The Kier molecular flexibility index (Phi) is 8.41. The SMILES string of the molecule is CCNC(=NCCCNS(=O)(=O)CC)N1CCC(N2CCOCC2)C1. The molecule has 0 aromatic carbocycles. The Bertz CT molecular complexity index is 520. The van der Waals surface area contributed by atoms with E-state index >= 15 is 0 Å². The van der Waals surface area contributed by atoms with E-state index in [0.29, 0.717) is 25.6 Å². The second-order valence-corrected chi connectivity index (χ2v) is 8.52. The van der Waals surface area contributed by atoms with Gasteiger partial charge in [0, 0.05) is 51.9 Å². The van der Waals surface area contributed by atoms with Crippen molar-refractivity contribution in [1.29, 1.82) is 0 Å². The molecule has 0 spiro atoms. The van der Waals surface area contributed by atoms with Gasteiger partial charge in [-0.25, -0.2) is 13.1 Å². The van der Waals surface area contributed by atoms with Gasteiger partial charge in [0.2, 0.25) is 10.0 Å². The molecule has 2 heterocycles. The fourth-order valence-corrected chi connectivity index (χ4v) is 3.85. The van der Waals surface area contributed by atoms with Crippen LogP contribution in [-0.2, 0) is 14.8 Å². The molecular weight excluding hydrogens is 342 g/mol. The summed E-state index contributed by atoms with van der Waals surface area (Å²) in [4.78, 5) is 9.51. The zero-order valence-corrected chi connectivity index (χ0v) is 16.4. The molecule has 0 bridgehead atoms. The highest BCUT2D eigenvalue weighted by Gasteiger charge is 2.30. The van der Waals surface area contributed by atoms with Gasteiger partial charge in [0.1, 0.15) is 0 Å². The Balaban J connectivity index is 1.79. The lowest BCUT2D eigenvalue weighted by Crippen LogP contribution is -2.46. The molecule has 1 unspecified atom stereocenters. The number of aliphatic imine (C=N–C) groups is 1. The van der Waals surface area contributed by atoms with Crippen LogP contribution < -0.4 is 10.0 Å². The number of morpholine rings is 1. The Hall–Kier alpha value is -0.900. The van der Waals surface area contributed by atoms with Crippen molar-refractivity contribution in [2.75, 3.05) is 64.8 Å². The molecule has 146 valence electrons. The molecule has 0 radical (unpaired) electrons. The molecule has 2 N–H and O–H groups in total. The first-order valence-electron chi connectivity index (χ1n) is 9.38. The molecule has 0 amide bonds. The molecule has 0 aromatic rings. The normalized spacial score (nSPS) is 23.2. The maximum absolute atomic E-state index is 11.4. The second kappa shape index (κ2) is 10.3. The average molecular weight is 376 g/mol. The van der Waals surface area contributed by atoms with Gasteiger partial charge in [0.25, 0.3) is 0 Å². The maximum Gasteiger partial charge on any atom is 0.211 e. The third-order valence-corrected chi connectivity index (χ3v) is 6.06. The molecule has 0 saturated carbocycles. The summed E-state index contributed by atoms with van der Waals surface area (Å²) in [5.41, 5.74) is 0. The van der Waals surface area contributed by atoms with Crippen LogP contribution in [0, 0.1) is 0 Å². The first kappa shape index (κ1) is 20.4. The van der Waals surface area contributed by atoms with Gasteiger partial charge in [-0.2, -0.15) is 0 Å². The Morgan fingerprint density at radius 1 is 1.24 bits per heavy atom. The van der Waals surface area contributed by atoms with Crippen LogP contribution >= 0.6 is 0 Å². The lowest BCUT2D eigenvalue weighted by Gasteiger charge is -2.32. The molecule has 0 aromatic heterocycles. The van der Waals surface area contributed by atoms with E-state index in [-0.39, 0.29) is 5.75 Å². The Morgan fingerprint density at radius 3 is 2.68 bits per heavy atom. The summed E-state index contributed by atoms with van der Waals surface area (Å²) in [6.07, 6.45) is 1.86. The lowest BCUT2D eigenvalue weighted by molar-refractivity contribution is 0.0195. The van der Waals surface area contributed by atoms with Gasteiger partial charge in [-0.1, -0.05) is 0 Å². The van der Waals surface area contributed by atoms with Crippen LogP contribution in [0.4, 0.5) is 0 Å². The standard InChI is InChI=1S/C16H33N5O3S/c1-3-17-16(18-7-5-8-19-25(22,23)4-2)21-9-6-15(14-21)20-10-12-24-13-11-20/h15,19H,3-14H2,1-2H3,(H,17,18). The number of hydrogen-bond donors (Lipinski definition) is 2. The molecule has 1 atom stereocenters. The molecular formula is C16H33N5O3S. The molecule has 2 aliphatic rings. The highest BCUT2D eigenvalue weighted by atomic mass is 32.2. The zero-order valence-electron chi connectivity index (χ0n) is 15.5. The van der Waals surface area contributed by atoms with Gasteiger partial charge in [-0.3, -0.25) is 9.89 Å². The van der Waals surface area contributed by atoms with Crippen LogP contribution in [-0.4, -0.2) is 95.0 Å². The number of rotatable bonds is 8. The molecule has 8 nitrogen and oxygen atoms in total. The van der Waals surface area contributed by atoms with E-state index in [1.165, 1.54) is 0 Å². The van der Waals surface area contributed by atoms with Crippen molar-refractivity contribution in [2.24, 2.45) is 4.99 Å². The van der Waals surface area contributed by atoms with E-state index < -0.39 is 10.0 Å². The number of likely N-dealkylation sites (tertiary alicyclic amines) is 1.